The number of nitrogens with zero attached hydrogens (tertiary/aromatic N) is 1. The van der Waals surface area contributed by atoms with Crippen molar-refractivity contribution in [3.63, 3.8) is 0 Å². The monoisotopic (exact) mass is 376 g/mol. The van der Waals surface area contributed by atoms with E-state index in [0.717, 1.165) is 35.2 Å². The lowest BCUT2D eigenvalue weighted by molar-refractivity contribution is 0.0982. The Morgan fingerprint density at radius 2 is 2.00 bits per heavy atom. The number of hydrogen-bond donors (Lipinski definition) is 1. The van der Waals surface area contributed by atoms with Gasteiger partial charge in [0.25, 0.3) is 5.91 Å². The Kier molecular flexibility index (Phi) is 5.03. The maximum Gasteiger partial charge on any atom is 0.265 e. The van der Waals surface area contributed by atoms with Gasteiger partial charge in [0.15, 0.2) is 0 Å². The van der Waals surface area contributed by atoms with E-state index in [2.05, 4.69) is 4.72 Å². The van der Waals surface area contributed by atoms with Crippen molar-refractivity contribution in [1.29, 1.82) is 0 Å². The van der Waals surface area contributed by atoms with Gasteiger partial charge in [0.2, 0.25) is 10.0 Å². The van der Waals surface area contributed by atoms with E-state index in [1.807, 2.05) is 26.0 Å². The fourth-order valence-electron chi connectivity index (χ4n) is 3.09. The smallest absolute Gasteiger partial charge is 0.265 e. The van der Waals surface area contributed by atoms with Gasteiger partial charge in [0, 0.05) is 24.1 Å². The summed E-state index contributed by atoms with van der Waals surface area (Å²) in [6.45, 7) is 5.43. The van der Waals surface area contributed by atoms with Crippen molar-refractivity contribution in [2.45, 2.75) is 44.8 Å². The number of benzene rings is 1. The lowest BCUT2D eigenvalue weighted by Crippen LogP contribution is -2.39. The maximum atomic E-state index is 12.8. The Labute approximate surface area is 154 Å². The number of rotatable bonds is 6. The average Bonchev–Trinajstić information content (AvgIpc) is 3.38. The van der Waals surface area contributed by atoms with E-state index in [0.29, 0.717) is 16.9 Å². The third-order valence-electron chi connectivity index (χ3n) is 4.67. The Morgan fingerprint density at radius 1 is 1.31 bits per heavy atom. The zero-order chi connectivity index (χ0) is 19.1. The summed E-state index contributed by atoms with van der Waals surface area (Å²) in [5.74, 6) is -0.261. The highest BCUT2D eigenvalue weighted by molar-refractivity contribution is 7.90. The molecule has 1 aliphatic carbocycles. The summed E-state index contributed by atoms with van der Waals surface area (Å²) in [7, 11) is -2.39. The van der Waals surface area contributed by atoms with Crippen molar-refractivity contribution in [1.82, 2.24) is 9.71 Å². The minimum Gasteiger partial charge on any atom is -0.383 e. The predicted octanol–water partition coefficient (Wildman–Crippen LogP) is 2.82. The van der Waals surface area contributed by atoms with Crippen LogP contribution in [-0.2, 0) is 14.8 Å². The van der Waals surface area contributed by atoms with E-state index >= 15 is 0 Å². The van der Waals surface area contributed by atoms with Gasteiger partial charge >= 0.3 is 0 Å². The molecule has 1 aromatic carbocycles. The number of sulfonamides is 1. The van der Waals surface area contributed by atoms with Crippen molar-refractivity contribution < 1.29 is 17.9 Å². The highest BCUT2D eigenvalue weighted by Crippen LogP contribution is 2.40. The molecule has 0 aliphatic heterocycles. The minimum atomic E-state index is -3.82. The van der Waals surface area contributed by atoms with Crippen molar-refractivity contribution >= 4 is 26.8 Å². The van der Waals surface area contributed by atoms with Crippen LogP contribution in [0, 0.1) is 13.8 Å². The largest absolute Gasteiger partial charge is 0.383 e. The SMILES string of the molecule is COC[C@@H](C)S(=O)(=O)NC(=O)c1cc(C2CC2)nc2c(C)cc(C)cc12. The van der Waals surface area contributed by atoms with Gasteiger partial charge in [0.05, 0.1) is 17.7 Å². The topological polar surface area (TPSA) is 85.4 Å². The Morgan fingerprint density at radius 3 is 2.62 bits per heavy atom. The molecule has 1 heterocycles. The number of nitrogens with one attached hydrogen (secondary N) is 1. The Bertz CT molecular complexity index is 965. The van der Waals surface area contributed by atoms with Crippen molar-refractivity contribution in [2.75, 3.05) is 13.7 Å². The number of fused-ring (bicyclic) bond motifs is 1. The molecule has 1 saturated carbocycles. The molecule has 3 rings (SSSR count). The van der Waals surface area contributed by atoms with Crippen molar-refractivity contribution in [3.05, 3.63) is 40.6 Å². The molecule has 0 saturated heterocycles. The summed E-state index contributed by atoms with van der Waals surface area (Å²) in [6.07, 6.45) is 2.10. The summed E-state index contributed by atoms with van der Waals surface area (Å²) >= 11 is 0. The normalized spacial score (nSPS) is 15.8. The van der Waals surface area contributed by atoms with Crippen LogP contribution in [0.15, 0.2) is 18.2 Å². The van der Waals surface area contributed by atoms with Crippen LogP contribution in [0.5, 0.6) is 0 Å². The zero-order valence-corrected chi connectivity index (χ0v) is 16.3. The van der Waals surface area contributed by atoms with Crippen molar-refractivity contribution in [3.8, 4) is 0 Å². The molecular formula is C19H24N2O4S. The lowest BCUT2D eigenvalue weighted by atomic mass is 10.0. The number of carbonyl (C=O) groups is 1. The van der Waals surface area contributed by atoms with Gasteiger partial charge in [-0.1, -0.05) is 11.6 Å². The summed E-state index contributed by atoms with van der Waals surface area (Å²) in [6, 6.07) is 5.64. The third-order valence-corrected chi connectivity index (χ3v) is 6.34. The molecule has 0 radical (unpaired) electrons. The summed E-state index contributed by atoms with van der Waals surface area (Å²) in [4.78, 5) is 17.6. The molecule has 26 heavy (non-hydrogen) atoms. The summed E-state index contributed by atoms with van der Waals surface area (Å²) < 4.78 is 31.9. The molecule has 6 nitrogen and oxygen atoms in total. The molecule has 7 heteroatoms. The molecule has 0 spiro atoms. The molecule has 1 fully saturated rings. The van der Waals surface area contributed by atoms with Gasteiger partial charge < -0.3 is 4.74 Å². The first-order chi connectivity index (χ1) is 12.2. The van der Waals surface area contributed by atoms with E-state index in [4.69, 9.17) is 9.72 Å². The molecule has 0 bridgehead atoms. The molecule has 1 aromatic heterocycles. The number of aryl methyl sites for hydroxylation is 2. The predicted molar refractivity (Wildman–Crippen MR) is 101 cm³/mol. The van der Waals surface area contributed by atoms with Gasteiger partial charge in [-0.05, 0) is 51.3 Å². The van der Waals surface area contributed by atoms with E-state index in [1.54, 1.807) is 6.07 Å². The third kappa shape index (κ3) is 3.73. The lowest BCUT2D eigenvalue weighted by Gasteiger charge is -2.15. The zero-order valence-electron chi connectivity index (χ0n) is 15.5. The number of hydrogen-bond acceptors (Lipinski definition) is 5. The number of carbonyl (C=O) groups excluding carboxylic acids is 1. The number of pyridine rings is 1. The average molecular weight is 376 g/mol. The van der Waals surface area contributed by atoms with Crippen LogP contribution >= 0.6 is 0 Å². The Hall–Kier alpha value is -1.99. The number of methoxy groups -OCH3 is 1. The van der Waals surface area contributed by atoms with Gasteiger partial charge in [0.1, 0.15) is 5.25 Å². The molecular weight excluding hydrogens is 352 g/mol. The van der Waals surface area contributed by atoms with Gasteiger partial charge in [-0.3, -0.25) is 9.78 Å². The van der Waals surface area contributed by atoms with Crippen LogP contribution in [0.2, 0.25) is 0 Å². The first-order valence-electron chi connectivity index (χ1n) is 8.69. The molecule has 1 aliphatic rings. The van der Waals surface area contributed by atoms with Crippen LogP contribution in [-0.4, -0.2) is 38.3 Å². The standard InChI is InChI=1S/C19H24N2O4S/c1-11-7-12(2)18-15(8-11)16(9-17(20-18)14-5-6-14)19(22)21-26(23,24)13(3)10-25-4/h7-9,13-14H,5-6,10H2,1-4H3,(H,21,22)/t13-/m1/s1. The van der Waals surface area contributed by atoms with Crippen LogP contribution in [0.4, 0.5) is 0 Å². The summed E-state index contributed by atoms with van der Waals surface area (Å²) in [5, 5.41) is -0.144. The van der Waals surface area contributed by atoms with Crippen LogP contribution in [0.1, 0.15) is 52.9 Å². The second kappa shape index (κ2) is 6.96. The fourth-order valence-corrected chi connectivity index (χ4v) is 3.97. The first kappa shape index (κ1) is 18.8. The second-order valence-electron chi connectivity index (χ2n) is 7.09. The molecule has 1 amide bonds. The van der Waals surface area contributed by atoms with Crippen molar-refractivity contribution in [2.24, 2.45) is 0 Å². The van der Waals surface area contributed by atoms with E-state index in [-0.39, 0.29) is 6.61 Å². The highest BCUT2D eigenvalue weighted by Gasteiger charge is 2.29. The van der Waals surface area contributed by atoms with Crippen LogP contribution in [0.3, 0.4) is 0 Å². The summed E-state index contributed by atoms with van der Waals surface area (Å²) in [5.41, 5.74) is 3.95. The molecule has 1 N–H and O–H groups in total. The Balaban J connectivity index is 2.07. The number of amides is 1. The first-order valence-corrected chi connectivity index (χ1v) is 10.2. The number of ether oxygens (including phenoxy) is 1. The highest BCUT2D eigenvalue weighted by atomic mass is 32.2. The van der Waals surface area contributed by atoms with Gasteiger partial charge in [-0.2, -0.15) is 0 Å². The maximum absolute atomic E-state index is 12.8. The number of aromatic nitrogens is 1. The second-order valence-corrected chi connectivity index (χ2v) is 9.19. The molecule has 1 atom stereocenters. The molecule has 140 valence electrons. The fraction of sp³-hybridized carbons (Fsp3) is 0.474. The van der Waals surface area contributed by atoms with Gasteiger partial charge in [-0.25, -0.2) is 13.1 Å². The molecule has 2 aromatic rings. The van der Waals surface area contributed by atoms with Crippen LogP contribution in [0.25, 0.3) is 10.9 Å². The minimum absolute atomic E-state index is 0.0191. The van der Waals surface area contributed by atoms with E-state index in [1.165, 1.54) is 14.0 Å². The quantitative estimate of drug-likeness (QED) is 0.838. The van der Waals surface area contributed by atoms with E-state index in [9.17, 15) is 13.2 Å². The molecule has 0 unspecified atom stereocenters. The van der Waals surface area contributed by atoms with Crippen LogP contribution < -0.4 is 4.72 Å². The van der Waals surface area contributed by atoms with E-state index < -0.39 is 21.2 Å². The van der Waals surface area contributed by atoms with Gasteiger partial charge in [-0.15, -0.1) is 0 Å².